The second kappa shape index (κ2) is 7.40. The average molecular weight is 441 g/mol. The van der Waals surface area contributed by atoms with Crippen molar-refractivity contribution >= 4 is 43.2 Å². The molecule has 34 heavy (non-hydrogen) atoms. The molecule has 1 nitrogen and oxygen atoms in total. The van der Waals surface area contributed by atoms with Crippen LogP contribution >= 0.6 is 0 Å². The van der Waals surface area contributed by atoms with Crippen LogP contribution in [-0.4, -0.2) is 0 Å². The summed E-state index contributed by atoms with van der Waals surface area (Å²) in [7, 11) is 2.23. The third-order valence-corrected chi connectivity index (χ3v) is 7.41. The molecule has 6 rings (SSSR count). The van der Waals surface area contributed by atoms with E-state index in [1.165, 1.54) is 65.6 Å². The Hall–Kier alpha value is -3.71. The van der Waals surface area contributed by atoms with Crippen molar-refractivity contribution in [1.82, 2.24) is 0 Å². The lowest BCUT2D eigenvalue weighted by Gasteiger charge is -2.24. The number of hydrogen-bond donors (Lipinski definition) is 0. The van der Waals surface area contributed by atoms with Crippen molar-refractivity contribution in [2.45, 2.75) is 33.1 Å². The average Bonchev–Trinajstić information content (AvgIpc) is 2.84. The summed E-state index contributed by atoms with van der Waals surface area (Å²) in [6.07, 6.45) is 0. The Morgan fingerprint density at radius 2 is 1.15 bits per heavy atom. The van der Waals surface area contributed by atoms with Gasteiger partial charge in [-0.1, -0.05) is 87.5 Å². The summed E-state index contributed by atoms with van der Waals surface area (Å²) in [6.45, 7) is 9.24. The molecule has 0 atom stereocenters. The lowest BCUT2D eigenvalue weighted by atomic mass is 9.80. The number of pyridine rings is 1. The van der Waals surface area contributed by atoms with Crippen LogP contribution in [0.3, 0.4) is 0 Å². The van der Waals surface area contributed by atoms with Gasteiger partial charge in [0.1, 0.15) is 7.05 Å². The Labute approximate surface area is 201 Å². The van der Waals surface area contributed by atoms with Crippen LogP contribution in [0.25, 0.3) is 54.5 Å². The Kier molecular flexibility index (Phi) is 4.54. The molecule has 0 saturated heterocycles. The summed E-state index contributed by atoms with van der Waals surface area (Å²) in [4.78, 5) is 0. The van der Waals surface area contributed by atoms with Crippen molar-refractivity contribution in [3.8, 4) is 11.3 Å². The Bertz CT molecular complexity index is 1750. The van der Waals surface area contributed by atoms with E-state index in [9.17, 15) is 0 Å². The van der Waals surface area contributed by atoms with Crippen LogP contribution in [0.2, 0.25) is 0 Å². The number of hydrogen-bond acceptors (Lipinski definition) is 0. The number of nitrogens with zero attached hydrogens (tertiary/aromatic N) is 1. The van der Waals surface area contributed by atoms with E-state index in [1.54, 1.807) is 0 Å². The highest BCUT2D eigenvalue weighted by Gasteiger charge is 2.26. The van der Waals surface area contributed by atoms with Crippen molar-refractivity contribution in [2.75, 3.05) is 0 Å². The number of rotatable bonds is 1. The summed E-state index contributed by atoms with van der Waals surface area (Å²) in [6, 6.07) is 33.6. The molecule has 0 saturated carbocycles. The highest BCUT2D eigenvalue weighted by Crippen LogP contribution is 2.40. The van der Waals surface area contributed by atoms with Crippen LogP contribution in [0.4, 0.5) is 0 Å². The molecule has 0 aliphatic heterocycles. The first kappa shape index (κ1) is 20.9. The quantitative estimate of drug-likeness (QED) is 0.137. The molecule has 1 heterocycles. The summed E-state index contributed by atoms with van der Waals surface area (Å²) in [5, 5.41) is 9.16. The molecule has 0 spiro atoms. The fourth-order valence-corrected chi connectivity index (χ4v) is 5.66. The molecule has 0 aliphatic carbocycles. The van der Waals surface area contributed by atoms with E-state index in [0.717, 1.165) is 0 Å². The molecule has 1 heteroatoms. The van der Waals surface area contributed by atoms with E-state index in [-0.39, 0.29) is 5.41 Å². The Balaban J connectivity index is 1.82. The van der Waals surface area contributed by atoms with Crippen LogP contribution < -0.4 is 4.57 Å². The van der Waals surface area contributed by atoms with Gasteiger partial charge in [0, 0.05) is 11.5 Å². The molecule has 0 radical (unpaired) electrons. The first-order valence-corrected chi connectivity index (χ1v) is 12.1. The highest BCUT2D eigenvalue weighted by molar-refractivity contribution is 6.13. The maximum atomic E-state index is 2.45. The lowest BCUT2D eigenvalue weighted by molar-refractivity contribution is -0.632. The maximum Gasteiger partial charge on any atom is 0.220 e. The molecule has 0 fully saturated rings. The minimum atomic E-state index is 0.0451. The molecule has 1 aromatic heterocycles. The molecule has 0 bridgehead atoms. The fraction of sp³-hybridized carbons (Fsp3) is 0.182. The van der Waals surface area contributed by atoms with Gasteiger partial charge in [0.05, 0.1) is 16.3 Å². The van der Waals surface area contributed by atoms with Crippen LogP contribution in [0.15, 0.2) is 91.0 Å². The van der Waals surface area contributed by atoms with Crippen molar-refractivity contribution in [2.24, 2.45) is 7.05 Å². The predicted octanol–water partition coefficient (Wildman–Crippen LogP) is 8.40. The predicted molar refractivity (Wildman–Crippen MR) is 147 cm³/mol. The van der Waals surface area contributed by atoms with Crippen molar-refractivity contribution in [1.29, 1.82) is 0 Å². The zero-order chi connectivity index (χ0) is 23.6. The second-order valence-electron chi connectivity index (χ2n) is 10.6. The van der Waals surface area contributed by atoms with Gasteiger partial charge in [-0.05, 0) is 63.2 Å². The minimum Gasteiger partial charge on any atom is -0.194 e. The topological polar surface area (TPSA) is 3.88 Å². The Morgan fingerprint density at radius 1 is 0.588 bits per heavy atom. The van der Waals surface area contributed by atoms with E-state index in [4.69, 9.17) is 0 Å². The van der Waals surface area contributed by atoms with E-state index in [2.05, 4.69) is 130 Å². The molecule has 0 amide bonds. The van der Waals surface area contributed by atoms with Gasteiger partial charge < -0.3 is 0 Å². The third-order valence-electron chi connectivity index (χ3n) is 7.41. The summed E-state index contributed by atoms with van der Waals surface area (Å²) < 4.78 is 2.41. The molecule has 5 aromatic carbocycles. The van der Waals surface area contributed by atoms with Crippen LogP contribution in [0.1, 0.15) is 31.9 Å². The van der Waals surface area contributed by atoms with Gasteiger partial charge in [-0.2, -0.15) is 4.57 Å². The van der Waals surface area contributed by atoms with E-state index in [0.29, 0.717) is 0 Å². The Morgan fingerprint density at radius 3 is 1.82 bits per heavy atom. The number of aryl methyl sites for hydroxylation is 2. The largest absolute Gasteiger partial charge is 0.220 e. The van der Waals surface area contributed by atoms with Crippen LogP contribution in [0, 0.1) is 6.92 Å². The molecular weight excluding hydrogens is 410 g/mol. The smallest absolute Gasteiger partial charge is 0.194 e. The van der Waals surface area contributed by atoms with Crippen molar-refractivity contribution < 1.29 is 4.57 Å². The molecule has 6 aromatic rings. The summed E-state index contributed by atoms with van der Waals surface area (Å²) in [5.41, 5.74) is 6.64. The van der Waals surface area contributed by atoms with Gasteiger partial charge in [0.2, 0.25) is 11.2 Å². The monoisotopic (exact) mass is 440 g/mol. The molecule has 0 unspecified atom stereocenters. The number of benzene rings is 5. The molecule has 166 valence electrons. The molecular formula is C33H30N+. The molecule has 0 N–H and O–H groups in total. The van der Waals surface area contributed by atoms with Crippen molar-refractivity contribution in [3.63, 3.8) is 0 Å². The van der Waals surface area contributed by atoms with Gasteiger partial charge in [0.15, 0.2) is 0 Å². The lowest BCUT2D eigenvalue weighted by Crippen LogP contribution is -2.33. The van der Waals surface area contributed by atoms with E-state index < -0.39 is 0 Å². The maximum absolute atomic E-state index is 2.45. The number of aromatic nitrogens is 1. The first-order valence-electron chi connectivity index (χ1n) is 12.1. The van der Waals surface area contributed by atoms with E-state index in [1.807, 2.05) is 0 Å². The van der Waals surface area contributed by atoms with Crippen LogP contribution in [0.5, 0.6) is 0 Å². The highest BCUT2D eigenvalue weighted by atomic mass is 14.9. The normalized spacial score (nSPS) is 12.3. The summed E-state index contributed by atoms with van der Waals surface area (Å²) >= 11 is 0. The summed E-state index contributed by atoms with van der Waals surface area (Å²) in [5.74, 6) is 0. The van der Waals surface area contributed by atoms with Gasteiger partial charge in [-0.15, -0.1) is 0 Å². The molecule has 0 aliphatic rings. The zero-order valence-corrected chi connectivity index (χ0v) is 20.6. The zero-order valence-electron chi connectivity index (χ0n) is 20.6. The van der Waals surface area contributed by atoms with E-state index >= 15 is 0 Å². The second-order valence-corrected chi connectivity index (χ2v) is 10.6. The van der Waals surface area contributed by atoms with Gasteiger partial charge in [-0.25, -0.2) is 0 Å². The SMILES string of the molecule is Cc1c(-c2c3ccccc3c3cc4ccccc4cc3[n+]2C)cc(C(C)(C)C)c2ccccc12. The van der Waals surface area contributed by atoms with Gasteiger partial charge in [0.25, 0.3) is 0 Å². The first-order chi connectivity index (χ1) is 16.3. The van der Waals surface area contributed by atoms with Gasteiger partial charge >= 0.3 is 0 Å². The fourth-order valence-electron chi connectivity index (χ4n) is 5.66. The standard InChI is InChI=1S/C33H30N/c1-21-24-14-8-10-16-26(24)30(33(2,3)4)20-28(21)32-27-17-11-9-15-25(27)29-18-22-12-6-7-13-23(22)19-31(29)34(32)5/h6-20H,1-5H3/q+1. The third kappa shape index (κ3) is 3.04. The van der Waals surface area contributed by atoms with Crippen molar-refractivity contribution in [3.05, 3.63) is 102 Å². The van der Waals surface area contributed by atoms with Gasteiger partial charge in [-0.3, -0.25) is 0 Å². The van der Waals surface area contributed by atoms with Crippen LogP contribution in [-0.2, 0) is 12.5 Å². The minimum absolute atomic E-state index is 0.0451. The number of fused-ring (bicyclic) bond motifs is 5.